The van der Waals surface area contributed by atoms with E-state index < -0.39 is 6.09 Å². The molecule has 6 nitrogen and oxygen atoms in total. The summed E-state index contributed by atoms with van der Waals surface area (Å²) in [6, 6.07) is 0.192. The van der Waals surface area contributed by atoms with Crippen LogP contribution in [0.2, 0.25) is 0 Å². The van der Waals surface area contributed by atoms with Gasteiger partial charge in [-0.05, 0) is 0 Å². The highest BCUT2D eigenvalue weighted by atomic mass is 16.7. The molecule has 0 aliphatic carbocycles. The molecule has 1 rings (SSSR count). The van der Waals surface area contributed by atoms with E-state index in [4.69, 9.17) is 0 Å². The van der Waals surface area contributed by atoms with Gasteiger partial charge in [0.2, 0.25) is 0 Å². The number of carbonyl (C=O) groups is 1. The normalized spacial score (nSPS) is 17.1. The molecule has 1 saturated heterocycles. The zero-order valence-electron chi connectivity index (χ0n) is 6.83. The maximum Gasteiger partial charge on any atom is 0.431 e. The number of amides is 1. The molecule has 0 atom stereocenters. The number of aliphatic imine (C=N–C) groups is 1. The van der Waals surface area contributed by atoms with Gasteiger partial charge in [-0.15, -0.1) is 0 Å². The number of nitrogens with one attached hydrogen (secondary N) is 3. The molecule has 1 fully saturated rings. The van der Waals surface area contributed by atoms with Crippen molar-refractivity contribution in [2.24, 2.45) is 4.99 Å². The molecule has 0 spiro atoms. The Bertz CT molecular complexity index is 178. The number of rotatable bonds is 3. The van der Waals surface area contributed by atoms with E-state index in [1.54, 1.807) is 7.05 Å². The minimum Gasteiger partial charge on any atom is -0.323 e. The minimum atomic E-state index is -0.485. The molecule has 1 amide bonds. The highest BCUT2D eigenvalue weighted by molar-refractivity contribution is 5.69. The van der Waals surface area contributed by atoms with Gasteiger partial charge in [0, 0.05) is 20.1 Å². The van der Waals surface area contributed by atoms with Crippen LogP contribution in [0.15, 0.2) is 4.99 Å². The maximum atomic E-state index is 10.8. The second-order valence-electron chi connectivity index (χ2n) is 2.39. The standard InChI is InChI=1S/C6H12N4O2/c1-7-4-9-12-6(11)10-5-2-8-3-5/h4-5,8H,2-3H2,1H3,(H,7,9)(H,10,11). The van der Waals surface area contributed by atoms with Crippen molar-refractivity contribution in [2.75, 3.05) is 20.1 Å². The van der Waals surface area contributed by atoms with Crippen molar-refractivity contribution in [3.05, 3.63) is 0 Å². The fraction of sp³-hybridized carbons (Fsp3) is 0.667. The van der Waals surface area contributed by atoms with Crippen molar-refractivity contribution >= 4 is 12.4 Å². The van der Waals surface area contributed by atoms with Crippen molar-refractivity contribution < 1.29 is 9.63 Å². The Morgan fingerprint density at radius 2 is 2.50 bits per heavy atom. The molecule has 68 valence electrons. The predicted molar refractivity (Wildman–Crippen MR) is 43.8 cm³/mol. The summed E-state index contributed by atoms with van der Waals surface area (Å²) in [5.74, 6) is 0. The molecule has 0 aromatic heterocycles. The first-order valence-corrected chi connectivity index (χ1v) is 3.67. The SMILES string of the molecule is CN=CNOC(=O)NC1CNC1. The van der Waals surface area contributed by atoms with Crippen LogP contribution in [0.25, 0.3) is 0 Å². The average Bonchev–Trinajstić information content (AvgIpc) is 1.98. The monoisotopic (exact) mass is 172 g/mol. The summed E-state index contributed by atoms with van der Waals surface area (Å²) in [5.41, 5.74) is 2.26. The van der Waals surface area contributed by atoms with Gasteiger partial charge in [0.05, 0.1) is 6.04 Å². The second kappa shape index (κ2) is 4.55. The van der Waals surface area contributed by atoms with Crippen LogP contribution >= 0.6 is 0 Å². The van der Waals surface area contributed by atoms with Gasteiger partial charge in [-0.2, -0.15) is 0 Å². The number of nitrogens with zero attached hydrogens (tertiary/aromatic N) is 1. The first-order valence-electron chi connectivity index (χ1n) is 3.67. The second-order valence-corrected chi connectivity index (χ2v) is 2.39. The summed E-state index contributed by atoms with van der Waals surface area (Å²) in [6.45, 7) is 1.61. The predicted octanol–water partition coefficient (Wildman–Crippen LogP) is -1.15. The summed E-state index contributed by atoms with van der Waals surface area (Å²) in [5, 5.41) is 5.64. The largest absolute Gasteiger partial charge is 0.431 e. The zero-order chi connectivity index (χ0) is 8.81. The molecule has 0 saturated carbocycles. The van der Waals surface area contributed by atoms with Crippen molar-refractivity contribution in [1.29, 1.82) is 0 Å². The lowest BCUT2D eigenvalue weighted by atomic mass is 10.2. The Balaban J connectivity index is 2.02. The quantitative estimate of drug-likeness (QED) is 0.285. The molecule has 6 heteroatoms. The van der Waals surface area contributed by atoms with E-state index in [2.05, 4.69) is 25.9 Å². The van der Waals surface area contributed by atoms with Gasteiger partial charge < -0.3 is 15.5 Å². The Hall–Kier alpha value is -1.30. The Morgan fingerprint density at radius 1 is 1.75 bits per heavy atom. The third kappa shape index (κ3) is 2.75. The van der Waals surface area contributed by atoms with Crippen molar-refractivity contribution in [2.45, 2.75) is 6.04 Å². The Labute approximate surface area is 70.3 Å². The summed E-state index contributed by atoms with van der Waals surface area (Å²) in [6.07, 6.45) is 0.805. The van der Waals surface area contributed by atoms with Crippen LogP contribution in [0.5, 0.6) is 0 Å². The Kier molecular flexibility index (Phi) is 3.34. The summed E-state index contributed by atoms with van der Waals surface area (Å²) in [7, 11) is 1.57. The van der Waals surface area contributed by atoms with Crippen molar-refractivity contribution in [3.8, 4) is 0 Å². The molecule has 0 unspecified atom stereocenters. The molecular formula is C6H12N4O2. The number of carbonyl (C=O) groups excluding carboxylic acids is 1. The van der Waals surface area contributed by atoms with Crippen LogP contribution in [0.3, 0.4) is 0 Å². The lowest BCUT2D eigenvalue weighted by Crippen LogP contribution is -2.57. The van der Waals surface area contributed by atoms with E-state index >= 15 is 0 Å². The van der Waals surface area contributed by atoms with E-state index in [9.17, 15) is 4.79 Å². The maximum absolute atomic E-state index is 10.8. The van der Waals surface area contributed by atoms with E-state index in [-0.39, 0.29) is 6.04 Å². The third-order valence-corrected chi connectivity index (χ3v) is 1.44. The van der Waals surface area contributed by atoms with Gasteiger partial charge in [0.15, 0.2) is 0 Å². The summed E-state index contributed by atoms with van der Waals surface area (Å²) >= 11 is 0. The first-order chi connectivity index (χ1) is 5.83. The lowest BCUT2D eigenvalue weighted by molar-refractivity contribution is 0.115. The minimum absolute atomic E-state index is 0.192. The third-order valence-electron chi connectivity index (χ3n) is 1.44. The molecule has 1 aliphatic rings. The average molecular weight is 172 g/mol. The molecule has 1 aliphatic heterocycles. The van der Waals surface area contributed by atoms with Crippen LogP contribution in [0.4, 0.5) is 4.79 Å². The molecular weight excluding hydrogens is 160 g/mol. The first kappa shape index (κ1) is 8.79. The molecule has 1 heterocycles. The van der Waals surface area contributed by atoms with Crippen molar-refractivity contribution in [3.63, 3.8) is 0 Å². The van der Waals surface area contributed by atoms with E-state index in [1.807, 2.05) is 0 Å². The number of hydroxylamine groups is 1. The van der Waals surface area contributed by atoms with Crippen LogP contribution in [-0.2, 0) is 4.84 Å². The molecule has 3 N–H and O–H groups in total. The fourth-order valence-corrected chi connectivity index (χ4v) is 0.719. The van der Waals surface area contributed by atoms with Gasteiger partial charge in [-0.3, -0.25) is 4.99 Å². The summed E-state index contributed by atoms with van der Waals surface area (Å²) in [4.78, 5) is 18.9. The molecule has 12 heavy (non-hydrogen) atoms. The van der Waals surface area contributed by atoms with Gasteiger partial charge in [-0.25, -0.2) is 10.3 Å². The number of hydrogen-bond acceptors (Lipinski definition) is 4. The van der Waals surface area contributed by atoms with Crippen LogP contribution < -0.4 is 16.1 Å². The zero-order valence-corrected chi connectivity index (χ0v) is 6.83. The van der Waals surface area contributed by atoms with Crippen LogP contribution in [0, 0.1) is 0 Å². The van der Waals surface area contributed by atoms with Gasteiger partial charge in [-0.1, -0.05) is 0 Å². The topological polar surface area (TPSA) is 74.8 Å². The van der Waals surface area contributed by atoms with E-state index in [1.165, 1.54) is 6.34 Å². The van der Waals surface area contributed by atoms with Crippen LogP contribution in [-0.4, -0.2) is 38.6 Å². The van der Waals surface area contributed by atoms with Gasteiger partial charge in [0.25, 0.3) is 0 Å². The molecule has 0 aromatic rings. The highest BCUT2D eigenvalue weighted by Gasteiger charge is 2.19. The molecule has 0 bridgehead atoms. The smallest absolute Gasteiger partial charge is 0.323 e. The van der Waals surface area contributed by atoms with Crippen molar-refractivity contribution in [1.82, 2.24) is 16.1 Å². The molecule has 0 aromatic carbocycles. The number of hydrogen-bond donors (Lipinski definition) is 3. The van der Waals surface area contributed by atoms with E-state index in [0.717, 1.165) is 13.1 Å². The highest BCUT2D eigenvalue weighted by Crippen LogP contribution is 1.89. The Morgan fingerprint density at radius 3 is 3.00 bits per heavy atom. The van der Waals surface area contributed by atoms with Gasteiger partial charge >= 0.3 is 6.09 Å². The van der Waals surface area contributed by atoms with E-state index in [0.29, 0.717) is 0 Å². The molecule has 0 radical (unpaired) electrons. The van der Waals surface area contributed by atoms with Crippen LogP contribution in [0.1, 0.15) is 0 Å². The summed E-state index contributed by atoms with van der Waals surface area (Å²) < 4.78 is 0. The van der Waals surface area contributed by atoms with Gasteiger partial charge in [0.1, 0.15) is 6.34 Å². The fourth-order valence-electron chi connectivity index (χ4n) is 0.719. The lowest BCUT2D eigenvalue weighted by Gasteiger charge is -2.27.